The zero-order chi connectivity index (χ0) is 21.3. The molecule has 1 aromatic carbocycles. The number of nitrogens with zero attached hydrogens (tertiary/aromatic N) is 4. The molecule has 0 radical (unpaired) electrons. The van der Waals surface area contributed by atoms with Crippen molar-refractivity contribution in [3.63, 3.8) is 0 Å². The van der Waals surface area contributed by atoms with Crippen LogP contribution < -0.4 is 11.0 Å². The highest BCUT2D eigenvalue weighted by Gasteiger charge is 2.23. The van der Waals surface area contributed by atoms with Gasteiger partial charge in [0.15, 0.2) is 0 Å². The highest BCUT2D eigenvalue weighted by Crippen LogP contribution is 2.33. The molecule has 0 spiro atoms. The Labute approximate surface area is 175 Å². The molecule has 1 aliphatic rings. The van der Waals surface area contributed by atoms with Crippen molar-refractivity contribution >= 4 is 39.4 Å². The molecule has 2 heterocycles. The standard InChI is InChI=1S/C20H19N5O4S/c1-12(18(26)23-22-10-13-5-4-6-14(9-13)25(28)29)24-11-21-19-17(20(24)27)15-7-2-3-8-16(15)30-19/h4-6,9-12H,2-3,7-8H2,1H3,(H,23,26)/b22-10+. The van der Waals surface area contributed by atoms with Gasteiger partial charge in [-0.15, -0.1) is 11.3 Å². The zero-order valence-electron chi connectivity index (χ0n) is 16.2. The van der Waals surface area contributed by atoms with Gasteiger partial charge in [-0.25, -0.2) is 10.4 Å². The van der Waals surface area contributed by atoms with Gasteiger partial charge in [0.1, 0.15) is 10.9 Å². The van der Waals surface area contributed by atoms with Crippen molar-refractivity contribution in [1.29, 1.82) is 0 Å². The third-order valence-corrected chi connectivity index (χ3v) is 6.37. The second kappa shape index (κ2) is 8.15. The van der Waals surface area contributed by atoms with Gasteiger partial charge >= 0.3 is 0 Å². The molecule has 0 saturated carbocycles. The monoisotopic (exact) mass is 425 g/mol. The number of nitro groups is 1. The number of carbonyl (C=O) groups excluding carboxylic acids is 1. The smallest absolute Gasteiger partial charge is 0.270 e. The molecule has 1 aliphatic carbocycles. The van der Waals surface area contributed by atoms with E-state index in [0.29, 0.717) is 10.9 Å². The van der Waals surface area contributed by atoms with Gasteiger partial charge < -0.3 is 0 Å². The number of hydrazone groups is 1. The lowest BCUT2D eigenvalue weighted by Crippen LogP contribution is -2.34. The molecule has 1 atom stereocenters. The average Bonchev–Trinajstić information content (AvgIpc) is 3.13. The van der Waals surface area contributed by atoms with Gasteiger partial charge in [-0.3, -0.25) is 24.3 Å². The van der Waals surface area contributed by atoms with Gasteiger partial charge in [-0.2, -0.15) is 5.10 Å². The van der Waals surface area contributed by atoms with E-state index in [4.69, 9.17) is 0 Å². The van der Waals surface area contributed by atoms with Crippen molar-refractivity contribution < 1.29 is 9.72 Å². The molecular weight excluding hydrogens is 406 g/mol. The highest BCUT2D eigenvalue weighted by molar-refractivity contribution is 7.18. The van der Waals surface area contributed by atoms with Crippen molar-refractivity contribution in [3.05, 3.63) is 67.1 Å². The quantitative estimate of drug-likeness (QED) is 0.383. The molecule has 1 unspecified atom stereocenters. The van der Waals surface area contributed by atoms with Crippen LogP contribution in [0.1, 0.15) is 41.8 Å². The number of aryl methyl sites for hydroxylation is 2. The topological polar surface area (TPSA) is 119 Å². The number of thiophene rings is 1. The Kier molecular flexibility index (Phi) is 5.40. The molecule has 0 fully saturated rings. The SMILES string of the molecule is CC(C(=O)N/N=C/c1cccc([N+](=O)[O-])c1)n1cnc2sc3c(c2c1=O)CCCC3. The minimum atomic E-state index is -0.809. The first kappa shape index (κ1) is 19.9. The van der Waals surface area contributed by atoms with Crippen molar-refractivity contribution in [2.24, 2.45) is 5.10 Å². The van der Waals surface area contributed by atoms with Crippen LogP contribution in [0.15, 0.2) is 40.5 Å². The number of fused-ring (bicyclic) bond motifs is 3. The molecule has 0 bridgehead atoms. The van der Waals surface area contributed by atoms with Crippen LogP contribution in [0, 0.1) is 10.1 Å². The van der Waals surface area contributed by atoms with Crippen LogP contribution in [-0.4, -0.2) is 26.6 Å². The maximum atomic E-state index is 13.1. The van der Waals surface area contributed by atoms with E-state index in [1.54, 1.807) is 24.3 Å². The van der Waals surface area contributed by atoms with E-state index in [1.807, 2.05) is 0 Å². The third kappa shape index (κ3) is 3.73. The summed E-state index contributed by atoms with van der Waals surface area (Å²) in [5.41, 5.74) is 3.65. The van der Waals surface area contributed by atoms with E-state index in [1.165, 1.54) is 40.2 Å². The lowest BCUT2D eigenvalue weighted by Gasteiger charge is -2.14. The fourth-order valence-corrected chi connectivity index (χ4v) is 4.76. The van der Waals surface area contributed by atoms with Crippen LogP contribution in [0.4, 0.5) is 5.69 Å². The summed E-state index contributed by atoms with van der Waals surface area (Å²) in [4.78, 5) is 42.2. The summed E-state index contributed by atoms with van der Waals surface area (Å²) in [5, 5.41) is 15.3. The molecule has 154 valence electrons. The van der Waals surface area contributed by atoms with Crippen LogP contribution in [0.3, 0.4) is 0 Å². The first-order chi connectivity index (χ1) is 14.5. The van der Waals surface area contributed by atoms with E-state index in [2.05, 4.69) is 15.5 Å². The second-order valence-corrected chi connectivity index (χ2v) is 8.19. The molecule has 0 aliphatic heterocycles. The van der Waals surface area contributed by atoms with Crippen LogP contribution in [-0.2, 0) is 17.6 Å². The third-order valence-electron chi connectivity index (χ3n) is 5.17. The summed E-state index contributed by atoms with van der Waals surface area (Å²) in [6.45, 7) is 1.60. The van der Waals surface area contributed by atoms with E-state index in [0.717, 1.165) is 36.1 Å². The van der Waals surface area contributed by atoms with E-state index in [9.17, 15) is 19.7 Å². The van der Waals surface area contributed by atoms with Gasteiger partial charge in [0.2, 0.25) is 0 Å². The van der Waals surface area contributed by atoms with Gasteiger partial charge in [0, 0.05) is 22.6 Å². The maximum absolute atomic E-state index is 13.1. The normalized spacial score (nSPS) is 14.6. The van der Waals surface area contributed by atoms with Crippen molar-refractivity contribution in [2.45, 2.75) is 38.6 Å². The Morgan fingerprint density at radius 2 is 2.20 bits per heavy atom. The van der Waals surface area contributed by atoms with E-state index < -0.39 is 16.9 Å². The van der Waals surface area contributed by atoms with Crippen molar-refractivity contribution in [2.75, 3.05) is 0 Å². The fourth-order valence-electron chi connectivity index (χ4n) is 3.54. The first-order valence-corrected chi connectivity index (χ1v) is 10.4. The molecular formula is C20H19N5O4S. The number of nitro benzene ring substituents is 1. The Hall–Kier alpha value is -3.40. The van der Waals surface area contributed by atoms with Crippen LogP contribution in [0.25, 0.3) is 10.2 Å². The Bertz CT molecular complexity index is 1230. The molecule has 10 heteroatoms. The molecule has 4 rings (SSSR count). The number of hydrogen-bond donors (Lipinski definition) is 1. The number of nitrogens with one attached hydrogen (secondary N) is 1. The first-order valence-electron chi connectivity index (χ1n) is 9.54. The summed E-state index contributed by atoms with van der Waals surface area (Å²) in [6.07, 6.45) is 6.73. The molecule has 1 amide bonds. The second-order valence-electron chi connectivity index (χ2n) is 7.11. The highest BCUT2D eigenvalue weighted by atomic mass is 32.1. The zero-order valence-corrected chi connectivity index (χ0v) is 17.0. The van der Waals surface area contributed by atoms with Crippen LogP contribution in [0.5, 0.6) is 0 Å². The summed E-state index contributed by atoms with van der Waals surface area (Å²) in [5.74, 6) is -0.482. The lowest BCUT2D eigenvalue weighted by molar-refractivity contribution is -0.384. The number of rotatable bonds is 5. The number of aromatic nitrogens is 2. The Morgan fingerprint density at radius 1 is 1.40 bits per heavy atom. The Balaban J connectivity index is 1.53. The predicted molar refractivity (Wildman–Crippen MR) is 114 cm³/mol. The van der Waals surface area contributed by atoms with Crippen LogP contribution >= 0.6 is 11.3 Å². The van der Waals surface area contributed by atoms with Gasteiger partial charge in [-0.1, -0.05) is 12.1 Å². The molecule has 9 nitrogen and oxygen atoms in total. The molecule has 2 aromatic heterocycles. The predicted octanol–water partition coefficient (Wildman–Crippen LogP) is 2.96. The fraction of sp³-hybridized carbons (Fsp3) is 0.300. The molecule has 3 aromatic rings. The van der Waals surface area contributed by atoms with Gasteiger partial charge in [0.25, 0.3) is 17.2 Å². The molecule has 0 saturated heterocycles. The van der Waals surface area contributed by atoms with E-state index >= 15 is 0 Å². The number of hydrogen-bond acceptors (Lipinski definition) is 7. The number of carbonyl (C=O) groups is 1. The largest absolute Gasteiger partial charge is 0.286 e. The summed E-state index contributed by atoms with van der Waals surface area (Å²) in [6, 6.07) is 5.08. The average molecular weight is 425 g/mol. The molecule has 1 N–H and O–H groups in total. The van der Waals surface area contributed by atoms with Crippen LogP contribution in [0.2, 0.25) is 0 Å². The number of amides is 1. The Morgan fingerprint density at radius 3 is 3.00 bits per heavy atom. The van der Waals surface area contributed by atoms with Gasteiger partial charge in [-0.05, 0) is 38.2 Å². The maximum Gasteiger partial charge on any atom is 0.270 e. The van der Waals surface area contributed by atoms with Crippen molar-refractivity contribution in [1.82, 2.24) is 15.0 Å². The van der Waals surface area contributed by atoms with Crippen molar-refractivity contribution in [3.8, 4) is 0 Å². The lowest BCUT2D eigenvalue weighted by atomic mass is 9.97. The van der Waals surface area contributed by atoms with Gasteiger partial charge in [0.05, 0.1) is 22.9 Å². The summed E-state index contributed by atoms with van der Waals surface area (Å²) < 4.78 is 1.32. The number of non-ortho nitro benzene ring substituents is 1. The number of benzene rings is 1. The summed E-state index contributed by atoms with van der Waals surface area (Å²) in [7, 11) is 0. The minimum Gasteiger partial charge on any atom is -0.286 e. The summed E-state index contributed by atoms with van der Waals surface area (Å²) >= 11 is 1.56. The van der Waals surface area contributed by atoms with E-state index in [-0.39, 0.29) is 11.2 Å². The molecule has 30 heavy (non-hydrogen) atoms. The minimum absolute atomic E-state index is 0.0660.